The monoisotopic (exact) mass is 373 g/mol. The molecule has 1 aromatic carbocycles. The van der Waals surface area contributed by atoms with Gasteiger partial charge in [-0.05, 0) is 37.0 Å². The molecule has 0 aliphatic carbocycles. The lowest BCUT2D eigenvalue weighted by Crippen LogP contribution is -2.68. The molecule has 4 rings (SSSR count). The predicted molar refractivity (Wildman–Crippen MR) is 99.9 cm³/mol. The normalized spacial score (nSPS) is 21.6. The molecule has 3 aliphatic heterocycles. The lowest BCUT2D eigenvalue weighted by Gasteiger charge is -2.50. The van der Waals surface area contributed by atoms with Crippen molar-refractivity contribution in [1.29, 1.82) is 0 Å². The first-order valence-corrected chi connectivity index (χ1v) is 9.72. The van der Waals surface area contributed by atoms with Crippen LogP contribution in [0.5, 0.6) is 11.5 Å². The van der Waals surface area contributed by atoms with E-state index in [1.54, 1.807) is 18.2 Å². The number of piperidine rings is 1. The molecule has 7 nitrogen and oxygen atoms in total. The number of carbonyl (C=O) groups excluding carboxylic acids is 2. The molecule has 0 atom stereocenters. The minimum Gasteiger partial charge on any atom is -0.454 e. The molecule has 146 valence electrons. The third-order valence-corrected chi connectivity index (χ3v) is 5.78. The van der Waals surface area contributed by atoms with Crippen molar-refractivity contribution in [2.24, 2.45) is 5.92 Å². The van der Waals surface area contributed by atoms with Crippen LogP contribution in [0.3, 0.4) is 0 Å². The Labute approximate surface area is 159 Å². The maximum absolute atomic E-state index is 12.9. The summed E-state index contributed by atoms with van der Waals surface area (Å²) < 4.78 is 10.7. The van der Waals surface area contributed by atoms with Gasteiger partial charge in [0.05, 0.1) is 0 Å². The number of rotatable bonds is 3. The highest BCUT2D eigenvalue weighted by Gasteiger charge is 2.48. The number of hydrogen-bond donors (Lipinski definition) is 1. The zero-order chi connectivity index (χ0) is 19.0. The number of nitrogens with zero attached hydrogens (tertiary/aromatic N) is 2. The van der Waals surface area contributed by atoms with Crippen LogP contribution in [-0.2, 0) is 4.79 Å². The van der Waals surface area contributed by atoms with Gasteiger partial charge in [-0.2, -0.15) is 0 Å². The van der Waals surface area contributed by atoms with Crippen LogP contribution in [0.1, 0.15) is 37.0 Å². The van der Waals surface area contributed by atoms with Crippen LogP contribution in [0.4, 0.5) is 0 Å². The van der Waals surface area contributed by atoms with E-state index < -0.39 is 5.54 Å². The largest absolute Gasteiger partial charge is 0.454 e. The van der Waals surface area contributed by atoms with Crippen LogP contribution in [0.15, 0.2) is 18.2 Å². The summed E-state index contributed by atoms with van der Waals surface area (Å²) in [5, 5.41) is 3.04. The predicted octanol–water partition coefficient (Wildman–Crippen LogP) is 1.48. The van der Waals surface area contributed by atoms with Crippen LogP contribution >= 0.6 is 0 Å². The number of ether oxygens (including phenoxy) is 2. The second-order valence-electron chi connectivity index (χ2n) is 7.99. The van der Waals surface area contributed by atoms with Crippen molar-refractivity contribution in [3.05, 3.63) is 23.8 Å². The average Bonchev–Trinajstić information content (AvgIpc) is 3.13. The fourth-order valence-corrected chi connectivity index (χ4v) is 4.37. The highest BCUT2D eigenvalue weighted by molar-refractivity contribution is 5.95. The molecule has 0 saturated carbocycles. The van der Waals surface area contributed by atoms with Gasteiger partial charge < -0.3 is 19.7 Å². The van der Waals surface area contributed by atoms with Gasteiger partial charge in [-0.3, -0.25) is 14.5 Å². The van der Waals surface area contributed by atoms with E-state index in [9.17, 15) is 9.59 Å². The third kappa shape index (κ3) is 3.25. The van der Waals surface area contributed by atoms with Crippen molar-refractivity contribution in [1.82, 2.24) is 15.1 Å². The van der Waals surface area contributed by atoms with E-state index in [4.69, 9.17) is 9.47 Å². The molecule has 3 heterocycles. The van der Waals surface area contributed by atoms with Crippen molar-refractivity contribution in [3.8, 4) is 11.5 Å². The number of benzene rings is 1. The van der Waals surface area contributed by atoms with E-state index >= 15 is 0 Å². The molecule has 3 aliphatic rings. The topological polar surface area (TPSA) is 71.1 Å². The Kier molecular flexibility index (Phi) is 4.72. The summed E-state index contributed by atoms with van der Waals surface area (Å²) in [5.74, 6) is 1.89. The number of likely N-dealkylation sites (tertiary alicyclic amines) is 1. The smallest absolute Gasteiger partial charge is 0.253 e. The average molecular weight is 373 g/mol. The molecule has 0 aromatic heterocycles. The van der Waals surface area contributed by atoms with E-state index in [2.05, 4.69) is 24.1 Å². The lowest BCUT2D eigenvalue weighted by atomic mass is 9.82. The van der Waals surface area contributed by atoms with Crippen molar-refractivity contribution < 1.29 is 19.1 Å². The second kappa shape index (κ2) is 7.03. The van der Waals surface area contributed by atoms with Crippen molar-refractivity contribution in [2.75, 3.05) is 39.5 Å². The van der Waals surface area contributed by atoms with Gasteiger partial charge in [-0.25, -0.2) is 0 Å². The second-order valence-corrected chi connectivity index (χ2v) is 7.99. The molecule has 1 N–H and O–H groups in total. The van der Waals surface area contributed by atoms with E-state index in [1.807, 2.05) is 4.90 Å². The molecule has 0 unspecified atom stereocenters. The Balaban J connectivity index is 1.47. The molecule has 27 heavy (non-hydrogen) atoms. The zero-order valence-electron chi connectivity index (χ0n) is 16.0. The first kappa shape index (κ1) is 18.1. The molecule has 1 aromatic rings. The molecular formula is C20H27N3O4. The summed E-state index contributed by atoms with van der Waals surface area (Å²) in [6.45, 7) is 8.19. The van der Waals surface area contributed by atoms with Gasteiger partial charge in [0.15, 0.2) is 11.5 Å². The van der Waals surface area contributed by atoms with Crippen LogP contribution in [0.2, 0.25) is 0 Å². The zero-order valence-corrected chi connectivity index (χ0v) is 16.0. The molecular weight excluding hydrogens is 346 g/mol. The lowest BCUT2D eigenvalue weighted by molar-refractivity contribution is -0.141. The van der Waals surface area contributed by atoms with Gasteiger partial charge in [0.1, 0.15) is 5.54 Å². The van der Waals surface area contributed by atoms with Crippen LogP contribution in [-0.4, -0.2) is 66.7 Å². The summed E-state index contributed by atoms with van der Waals surface area (Å²) in [6, 6.07) is 5.30. The van der Waals surface area contributed by atoms with Crippen LogP contribution in [0, 0.1) is 5.92 Å². The summed E-state index contributed by atoms with van der Waals surface area (Å²) in [7, 11) is 0. The Morgan fingerprint density at radius 2 is 1.93 bits per heavy atom. The quantitative estimate of drug-likeness (QED) is 0.869. The molecule has 0 radical (unpaired) electrons. The van der Waals surface area contributed by atoms with Crippen molar-refractivity contribution in [3.63, 3.8) is 0 Å². The minimum atomic E-state index is -0.478. The number of piperazine rings is 1. The first-order chi connectivity index (χ1) is 13.0. The number of nitrogens with one attached hydrogen (secondary N) is 1. The molecule has 0 bridgehead atoms. The number of amides is 2. The Morgan fingerprint density at radius 3 is 2.67 bits per heavy atom. The molecule has 2 saturated heterocycles. The van der Waals surface area contributed by atoms with Gasteiger partial charge in [0.2, 0.25) is 12.7 Å². The first-order valence-electron chi connectivity index (χ1n) is 9.72. The Hall–Kier alpha value is -2.28. The van der Waals surface area contributed by atoms with Gasteiger partial charge >= 0.3 is 0 Å². The molecule has 2 fully saturated rings. The van der Waals surface area contributed by atoms with Crippen molar-refractivity contribution >= 4 is 11.8 Å². The fraction of sp³-hybridized carbons (Fsp3) is 0.600. The van der Waals surface area contributed by atoms with Crippen molar-refractivity contribution in [2.45, 2.75) is 32.2 Å². The maximum atomic E-state index is 12.9. The maximum Gasteiger partial charge on any atom is 0.253 e. The summed E-state index contributed by atoms with van der Waals surface area (Å²) in [4.78, 5) is 29.9. The van der Waals surface area contributed by atoms with E-state index in [0.717, 1.165) is 13.1 Å². The standard InChI is InChI=1S/C20H27N3O4/c1-14(2)12-23-10-7-21-19(25)20(23)5-8-22(9-6-20)18(24)15-3-4-16-17(11-15)27-13-26-16/h3-4,11,14H,5-10,12-13H2,1-2H3,(H,21,25). The SMILES string of the molecule is CC(C)CN1CCNC(=O)C12CCN(C(=O)c1ccc3c(c1)OCO3)CC2. The Bertz CT molecular complexity index is 741. The third-order valence-electron chi connectivity index (χ3n) is 5.78. The van der Waals surface area contributed by atoms with E-state index in [-0.39, 0.29) is 18.6 Å². The highest BCUT2D eigenvalue weighted by atomic mass is 16.7. The van der Waals surface area contributed by atoms with E-state index in [1.165, 1.54) is 0 Å². The van der Waals surface area contributed by atoms with Gasteiger partial charge in [0.25, 0.3) is 5.91 Å². The van der Waals surface area contributed by atoms with E-state index in [0.29, 0.717) is 55.5 Å². The van der Waals surface area contributed by atoms with Gasteiger partial charge in [-0.15, -0.1) is 0 Å². The van der Waals surface area contributed by atoms with Crippen LogP contribution in [0.25, 0.3) is 0 Å². The summed E-state index contributed by atoms with van der Waals surface area (Å²) in [5.41, 5.74) is 0.121. The summed E-state index contributed by atoms with van der Waals surface area (Å²) >= 11 is 0. The number of hydrogen-bond acceptors (Lipinski definition) is 5. The van der Waals surface area contributed by atoms with Gasteiger partial charge in [0, 0.05) is 38.3 Å². The fourth-order valence-electron chi connectivity index (χ4n) is 4.37. The number of carbonyl (C=O) groups is 2. The number of fused-ring (bicyclic) bond motifs is 1. The molecule has 7 heteroatoms. The van der Waals surface area contributed by atoms with Gasteiger partial charge in [-0.1, -0.05) is 13.8 Å². The summed E-state index contributed by atoms with van der Waals surface area (Å²) in [6.07, 6.45) is 1.34. The highest BCUT2D eigenvalue weighted by Crippen LogP contribution is 2.35. The Morgan fingerprint density at radius 1 is 1.19 bits per heavy atom. The minimum absolute atomic E-state index is 0.0187. The molecule has 1 spiro atoms. The molecule has 2 amide bonds. The van der Waals surface area contributed by atoms with Crippen LogP contribution < -0.4 is 14.8 Å².